The second-order valence-electron chi connectivity index (χ2n) is 10.2. The molecule has 0 fully saturated rings. The van der Waals surface area contributed by atoms with Crippen molar-refractivity contribution in [3.63, 3.8) is 0 Å². The predicted octanol–water partition coefficient (Wildman–Crippen LogP) is 8.06. The summed E-state index contributed by atoms with van der Waals surface area (Å²) in [6.45, 7) is 7.00. The summed E-state index contributed by atoms with van der Waals surface area (Å²) in [6, 6.07) is 32.7. The van der Waals surface area contributed by atoms with Crippen molar-refractivity contribution in [3.05, 3.63) is 108 Å². The quantitative estimate of drug-likeness (QED) is 0.301. The molecule has 1 N–H and O–H groups in total. The van der Waals surface area contributed by atoms with Crippen LogP contribution in [-0.4, -0.2) is 11.7 Å². The summed E-state index contributed by atoms with van der Waals surface area (Å²) in [5.41, 5.74) is 8.92. The van der Waals surface area contributed by atoms with E-state index in [9.17, 15) is 5.11 Å². The molecule has 0 amide bonds. The van der Waals surface area contributed by atoms with Crippen LogP contribution in [0.2, 0.25) is 0 Å². The third-order valence-corrected chi connectivity index (χ3v) is 7.18. The van der Waals surface area contributed by atoms with Crippen molar-refractivity contribution in [2.45, 2.75) is 32.1 Å². The largest absolute Gasteiger partial charge is 0.395 e. The maximum Gasteiger partial charge on any atom is 0.0541 e. The maximum atomic E-state index is 10.8. The highest BCUT2D eigenvalue weighted by Gasteiger charge is 2.38. The molecule has 1 heteroatoms. The first-order valence-electron chi connectivity index (χ1n) is 11.8. The Hall–Kier alpha value is -3.42. The van der Waals surface area contributed by atoms with Crippen molar-refractivity contribution in [1.29, 1.82) is 0 Å². The van der Waals surface area contributed by atoms with Gasteiger partial charge in [-0.15, -0.1) is 0 Å². The van der Waals surface area contributed by atoms with Crippen LogP contribution in [0.3, 0.4) is 0 Å². The lowest BCUT2D eigenvalue weighted by Gasteiger charge is -2.29. The molecule has 0 heterocycles. The van der Waals surface area contributed by atoms with Crippen molar-refractivity contribution in [2.75, 3.05) is 6.61 Å². The number of hydrogen-bond acceptors (Lipinski definition) is 1. The van der Waals surface area contributed by atoms with Gasteiger partial charge in [-0.1, -0.05) is 112 Å². The van der Waals surface area contributed by atoms with Crippen LogP contribution in [0.5, 0.6) is 0 Å². The Labute approximate surface area is 195 Å². The van der Waals surface area contributed by atoms with Crippen LogP contribution < -0.4 is 0 Å². The van der Waals surface area contributed by atoms with Gasteiger partial charge in [-0.25, -0.2) is 0 Å². The first kappa shape index (κ1) is 20.2. The lowest BCUT2D eigenvalue weighted by Crippen LogP contribution is -2.18. The van der Waals surface area contributed by atoms with E-state index in [1.807, 2.05) is 0 Å². The van der Waals surface area contributed by atoms with Crippen LogP contribution in [-0.2, 0) is 5.41 Å². The summed E-state index contributed by atoms with van der Waals surface area (Å²) in [7, 11) is 0. The van der Waals surface area contributed by atoms with E-state index in [1.165, 1.54) is 60.5 Å². The van der Waals surface area contributed by atoms with Gasteiger partial charge < -0.3 is 5.11 Å². The van der Waals surface area contributed by atoms with E-state index >= 15 is 0 Å². The van der Waals surface area contributed by atoms with Crippen LogP contribution in [0.1, 0.15) is 43.4 Å². The molecule has 0 spiro atoms. The molecular formula is C32H28O. The lowest BCUT2D eigenvalue weighted by molar-refractivity contribution is 0.281. The van der Waals surface area contributed by atoms with E-state index in [-0.39, 0.29) is 17.9 Å². The Kier molecular flexibility index (Phi) is 4.47. The number of benzene rings is 5. The van der Waals surface area contributed by atoms with Gasteiger partial charge >= 0.3 is 0 Å². The Morgan fingerprint density at radius 3 is 1.97 bits per heavy atom. The minimum atomic E-state index is -0.0653. The highest BCUT2D eigenvalue weighted by molar-refractivity contribution is 6.14. The first-order valence-corrected chi connectivity index (χ1v) is 11.8. The van der Waals surface area contributed by atoms with E-state index in [1.54, 1.807) is 0 Å². The Balaban J connectivity index is 1.91. The topological polar surface area (TPSA) is 20.2 Å². The monoisotopic (exact) mass is 428 g/mol. The minimum Gasteiger partial charge on any atom is -0.395 e. The highest BCUT2D eigenvalue weighted by Crippen LogP contribution is 2.57. The van der Waals surface area contributed by atoms with Crippen molar-refractivity contribution in [3.8, 4) is 22.3 Å². The summed E-state index contributed by atoms with van der Waals surface area (Å²) < 4.78 is 0. The summed E-state index contributed by atoms with van der Waals surface area (Å²) in [5.74, 6) is -0.0269. The molecule has 5 aromatic carbocycles. The minimum absolute atomic E-state index is 0.0269. The van der Waals surface area contributed by atoms with E-state index in [2.05, 4.69) is 112 Å². The van der Waals surface area contributed by atoms with Gasteiger partial charge in [0.2, 0.25) is 0 Å². The molecule has 1 aliphatic carbocycles. The average Bonchev–Trinajstić information content (AvgIpc) is 3.16. The Morgan fingerprint density at radius 2 is 1.27 bits per heavy atom. The van der Waals surface area contributed by atoms with Crippen molar-refractivity contribution in [2.24, 2.45) is 0 Å². The summed E-state index contributed by atoms with van der Waals surface area (Å²) >= 11 is 0. The number of fused-ring (bicyclic) bond motifs is 6. The van der Waals surface area contributed by atoms with Gasteiger partial charge in [-0.3, -0.25) is 0 Å². The molecule has 1 unspecified atom stereocenters. The molecule has 0 radical (unpaired) electrons. The van der Waals surface area contributed by atoms with E-state index < -0.39 is 0 Å². The lowest BCUT2D eigenvalue weighted by atomic mass is 9.74. The number of aliphatic hydroxyl groups excluding tert-OH is 1. The fourth-order valence-corrected chi connectivity index (χ4v) is 5.98. The van der Waals surface area contributed by atoms with Crippen LogP contribution in [0.15, 0.2) is 91.0 Å². The van der Waals surface area contributed by atoms with E-state index in [4.69, 9.17) is 0 Å². The molecule has 6 rings (SSSR count). The molecule has 1 atom stereocenters. The van der Waals surface area contributed by atoms with E-state index in [0.717, 1.165) is 0 Å². The summed E-state index contributed by atoms with van der Waals surface area (Å²) in [4.78, 5) is 0. The molecule has 0 saturated carbocycles. The van der Waals surface area contributed by atoms with Crippen LogP contribution in [0, 0.1) is 0 Å². The molecule has 0 saturated heterocycles. The van der Waals surface area contributed by atoms with Gasteiger partial charge in [-0.05, 0) is 65.9 Å². The summed E-state index contributed by atoms with van der Waals surface area (Å²) in [5, 5.41) is 15.8. The fourth-order valence-electron chi connectivity index (χ4n) is 5.98. The molecular weight excluding hydrogens is 400 g/mol. The van der Waals surface area contributed by atoms with Gasteiger partial charge in [0.1, 0.15) is 0 Å². The van der Waals surface area contributed by atoms with Crippen LogP contribution >= 0.6 is 0 Å². The third-order valence-electron chi connectivity index (χ3n) is 7.18. The molecule has 0 aliphatic heterocycles. The highest BCUT2D eigenvalue weighted by atomic mass is 16.3. The second kappa shape index (κ2) is 7.30. The third kappa shape index (κ3) is 2.89. The number of aliphatic hydroxyl groups is 1. The SMILES string of the molecule is CC(C)(C)c1c2c(c(-c3ccccc3)c3ccccc13)-c1c(ccc3ccccc13)C2CO. The predicted molar refractivity (Wildman–Crippen MR) is 140 cm³/mol. The van der Waals surface area contributed by atoms with Gasteiger partial charge in [0.25, 0.3) is 0 Å². The van der Waals surface area contributed by atoms with Crippen molar-refractivity contribution < 1.29 is 5.11 Å². The molecule has 5 aromatic rings. The molecule has 33 heavy (non-hydrogen) atoms. The van der Waals surface area contributed by atoms with Crippen LogP contribution in [0.4, 0.5) is 0 Å². The summed E-state index contributed by atoms with van der Waals surface area (Å²) in [6.07, 6.45) is 0. The Bertz CT molecular complexity index is 1520. The van der Waals surface area contributed by atoms with Gasteiger partial charge in [0, 0.05) is 5.92 Å². The molecule has 162 valence electrons. The van der Waals surface area contributed by atoms with Gasteiger partial charge in [-0.2, -0.15) is 0 Å². The zero-order valence-electron chi connectivity index (χ0n) is 19.4. The number of rotatable bonds is 2. The molecule has 0 bridgehead atoms. The zero-order valence-corrected chi connectivity index (χ0v) is 19.4. The van der Waals surface area contributed by atoms with Gasteiger partial charge in [0.05, 0.1) is 6.61 Å². The smallest absolute Gasteiger partial charge is 0.0541 e. The first-order chi connectivity index (χ1) is 16.0. The van der Waals surface area contributed by atoms with Gasteiger partial charge in [0.15, 0.2) is 0 Å². The van der Waals surface area contributed by atoms with Crippen LogP contribution in [0.25, 0.3) is 43.8 Å². The van der Waals surface area contributed by atoms with Crippen molar-refractivity contribution >= 4 is 21.5 Å². The second-order valence-corrected chi connectivity index (χ2v) is 10.2. The maximum absolute atomic E-state index is 10.8. The van der Waals surface area contributed by atoms with E-state index in [0.29, 0.717) is 0 Å². The molecule has 0 aromatic heterocycles. The van der Waals surface area contributed by atoms with Crippen molar-refractivity contribution in [1.82, 2.24) is 0 Å². The fraction of sp³-hybridized carbons (Fsp3) is 0.188. The normalized spacial score (nSPS) is 15.1. The zero-order chi connectivity index (χ0) is 22.7. The Morgan fingerprint density at radius 1 is 0.636 bits per heavy atom. The average molecular weight is 429 g/mol. The molecule has 1 nitrogen and oxygen atoms in total. The molecule has 1 aliphatic rings. The number of hydrogen-bond donors (Lipinski definition) is 1. The standard InChI is InChI=1S/C32H28O/c1-32(2,3)31-25-16-10-9-15-23(25)27(21-12-5-4-6-13-21)30-28-22-14-8-7-11-20(22)17-18-24(28)26(19-33)29(30)31/h4-18,26,33H,19H2,1-3H3.